The number of carbonyl (C=O) groups excluding carboxylic acids is 1. The summed E-state index contributed by atoms with van der Waals surface area (Å²) in [5.41, 5.74) is 1.96. The van der Waals surface area contributed by atoms with Crippen LogP contribution in [-0.2, 0) is 11.2 Å². The van der Waals surface area contributed by atoms with E-state index in [0.717, 1.165) is 17.7 Å². The van der Waals surface area contributed by atoms with Crippen LogP contribution in [0, 0.1) is 0 Å². The third-order valence-electron chi connectivity index (χ3n) is 4.43. The molecule has 0 fully saturated rings. The van der Waals surface area contributed by atoms with Gasteiger partial charge in [-0.3, -0.25) is 4.79 Å². The van der Waals surface area contributed by atoms with Crippen molar-refractivity contribution in [3.63, 3.8) is 0 Å². The largest absolute Gasteiger partial charge is 0.493 e. The highest BCUT2D eigenvalue weighted by Gasteiger charge is 2.23. The van der Waals surface area contributed by atoms with Gasteiger partial charge in [0.15, 0.2) is 11.5 Å². The summed E-state index contributed by atoms with van der Waals surface area (Å²) >= 11 is 1.84. The minimum atomic E-state index is -0.0396. The summed E-state index contributed by atoms with van der Waals surface area (Å²) in [5.74, 6) is 2.57. The van der Waals surface area contributed by atoms with Crippen LogP contribution >= 0.6 is 11.8 Å². The molecule has 1 aliphatic rings. The SMILES string of the molecule is COc1ccc(CC(=O)NC2CCSc3ccccc32)c(OC)c1OC. The number of hydrogen-bond acceptors (Lipinski definition) is 5. The van der Waals surface area contributed by atoms with Crippen LogP contribution in [0.1, 0.15) is 23.6 Å². The van der Waals surface area contributed by atoms with Crippen LogP contribution < -0.4 is 19.5 Å². The average molecular weight is 373 g/mol. The highest BCUT2D eigenvalue weighted by molar-refractivity contribution is 7.99. The number of thioether (sulfide) groups is 1. The molecule has 5 nitrogen and oxygen atoms in total. The van der Waals surface area contributed by atoms with Gasteiger partial charge >= 0.3 is 0 Å². The summed E-state index contributed by atoms with van der Waals surface area (Å²) in [6, 6.07) is 11.9. The summed E-state index contributed by atoms with van der Waals surface area (Å²) in [4.78, 5) is 13.9. The molecule has 1 heterocycles. The van der Waals surface area contributed by atoms with Gasteiger partial charge in [0.05, 0.1) is 33.8 Å². The number of carbonyl (C=O) groups is 1. The number of methoxy groups -OCH3 is 3. The van der Waals surface area contributed by atoms with Gasteiger partial charge in [0.1, 0.15) is 0 Å². The van der Waals surface area contributed by atoms with Crippen molar-refractivity contribution in [1.29, 1.82) is 0 Å². The standard InChI is InChI=1S/C20H23NO4S/c1-23-16-9-8-13(19(24-2)20(16)25-3)12-18(22)21-15-10-11-26-17-7-5-4-6-14(15)17/h4-9,15H,10-12H2,1-3H3,(H,21,22). The van der Waals surface area contributed by atoms with E-state index in [1.54, 1.807) is 27.4 Å². The third kappa shape index (κ3) is 3.75. The monoisotopic (exact) mass is 373 g/mol. The van der Waals surface area contributed by atoms with Crippen molar-refractivity contribution in [2.24, 2.45) is 0 Å². The first-order valence-electron chi connectivity index (χ1n) is 8.46. The second-order valence-electron chi connectivity index (χ2n) is 5.97. The minimum absolute atomic E-state index is 0.0396. The molecule has 0 saturated carbocycles. The summed E-state index contributed by atoms with van der Waals surface area (Å²) in [7, 11) is 4.69. The van der Waals surface area contributed by atoms with E-state index in [2.05, 4.69) is 17.4 Å². The van der Waals surface area contributed by atoms with Gasteiger partial charge in [0.2, 0.25) is 11.7 Å². The second-order valence-corrected chi connectivity index (χ2v) is 7.10. The van der Waals surface area contributed by atoms with E-state index >= 15 is 0 Å². The maximum absolute atomic E-state index is 12.7. The van der Waals surface area contributed by atoms with Crippen molar-refractivity contribution in [3.05, 3.63) is 47.5 Å². The first-order valence-corrected chi connectivity index (χ1v) is 9.45. The molecule has 1 aliphatic heterocycles. The fourth-order valence-electron chi connectivity index (χ4n) is 3.21. The van der Waals surface area contributed by atoms with Crippen LogP contribution in [0.4, 0.5) is 0 Å². The molecule has 0 spiro atoms. The lowest BCUT2D eigenvalue weighted by atomic mass is 10.0. The molecule has 1 amide bonds. The van der Waals surface area contributed by atoms with Gasteiger partial charge in [-0.15, -0.1) is 11.8 Å². The summed E-state index contributed by atoms with van der Waals surface area (Å²) in [6.45, 7) is 0. The first-order chi connectivity index (χ1) is 12.7. The van der Waals surface area contributed by atoms with E-state index in [1.807, 2.05) is 30.0 Å². The fourth-order valence-corrected chi connectivity index (χ4v) is 4.34. The molecule has 1 unspecified atom stereocenters. The van der Waals surface area contributed by atoms with E-state index in [1.165, 1.54) is 10.5 Å². The van der Waals surface area contributed by atoms with Crippen LogP contribution in [0.2, 0.25) is 0 Å². The number of rotatable bonds is 6. The molecule has 138 valence electrons. The lowest BCUT2D eigenvalue weighted by Gasteiger charge is -2.26. The summed E-state index contributed by atoms with van der Waals surface area (Å²) in [6.07, 6.45) is 1.14. The quantitative estimate of drug-likeness (QED) is 0.838. The lowest BCUT2D eigenvalue weighted by Crippen LogP contribution is -2.31. The van der Waals surface area contributed by atoms with Crippen molar-refractivity contribution in [2.45, 2.75) is 23.8 Å². The molecular formula is C20H23NO4S. The fraction of sp³-hybridized carbons (Fsp3) is 0.350. The van der Waals surface area contributed by atoms with Gasteiger partial charge in [-0.1, -0.05) is 24.3 Å². The number of fused-ring (bicyclic) bond motifs is 1. The number of hydrogen-bond donors (Lipinski definition) is 1. The Morgan fingerprint density at radius 3 is 2.58 bits per heavy atom. The second kappa shape index (κ2) is 8.36. The molecule has 1 atom stereocenters. The Hall–Kier alpha value is -2.34. The highest BCUT2D eigenvalue weighted by Crippen LogP contribution is 2.40. The third-order valence-corrected chi connectivity index (χ3v) is 5.55. The Morgan fingerprint density at radius 1 is 1.08 bits per heavy atom. The predicted molar refractivity (Wildman–Crippen MR) is 102 cm³/mol. The summed E-state index contributed by atoms with van der Waals surface area (Å²) in [5, 5.41) is 3.16. The van der Waals surface area contributed by atoms with E-state index in [-0.39, 0.29) is 18.4 Å². The van der Waals surface area contributed by atoms with E-state index in [4.69, 9.17) is 14.2 Å². The van der Waals surface area contributed by atoms with Crippen LogP contribution in [-0.4, -0.2) is 33.0 Å². The van der Waals surface area contributed by atoms with Crippen LogP contribution in [0.25, 0.3) is 0 Å². The van der Waals surface area contributed by atoms with Gasteiger partial charge in [-0.2, -0.15) is 0 Å². The Bertz CT molecular complexity index is 793. The average Bonchev–Trinajstić information content (AvgIpc) is 2.67. The number of amides is 1. The van der Waals surface area contributed by atoms with Crippen LogP contribution in [0.3, 0.4) is 0 Å². The zero-order valence-corrected chi connectivity index (χ0v) is 16.0. The van der Waals surface area contributed by atoms with Crippen molar-refractivity contribution in [2.75, 3.05) is 27.1 Å². The molecular weight excluding hydrogens is 350 g/mol. The van der Waals surface area contributed by atoms with E-state index in [9.17, 15) is 4.79 Å². The zero-order valence-electron chi connectivity index (χ0n) is 15.2. The van der Waals surface area contributed by atoms with E-state index < -0.39 is 0 Å². The lowest BCUT2D eigenvalue weighted by molar-refractivity contribution is -0.121. The molecule has 26 heavy (non-hydrogen) atoms. The molecule has 0 aliphatic carbocycles. The van der Waals surface area contributed by atoms with Gasteiger partial charge < -0.3 is 19.5 Å². The van der Waals surface area contributed by atoms with Crippen LogP contribution in [0.5, 0.6) is 17.2 Å². The molecule has 3 rings (SSSR count). The topological polar surface area (TPSA) is 56.8 Å². The highest BCUT2D eigenvalue weighted by atomic mass is 32.2. The minimum Gasteiger partial charge on any atom is -0.493 e. The molecule has 0 aromatic heterocycles. The maximum Gasteiger partial charge on any atom is 0.225 e. The Morgan fingerprint density at radius 2 is 1.85 bits per heavy atom. The maximum atomic E-state index is 12.7. The van der Waals surface area contributed by atoms with Gasteiger partial charge in [-0.05, 0) is 24.1 Å². The molecule has 1 N–H and O–H groups in total. The number of ether oxygens (including phenoxy) is 3. The van der Waals surface area contributed by atoms with Crippen molar-refractivity contribution in [3.8, 4) is 17.2 Å². The first kappa shape index (κ1) is 18.5. The molecule has 0 bridgehead atoms. The molecule has 0 saturated heterocycles. The molecule has 0 radical (unpaired) electrons. The number of nitrogens with one attached hydrogen (secondary N) is 1. The van der Waals surface area contributed by atoms with Crippen molar-refractivity contribution < 1.29 is 19.0 Å². The Labute approximate surface area is 158 Å². The van der Waals surface area contributed by atoms with Gasteiger partial charge in [0.25, 0.3) is 0 Å². The smallest absolute Gasteiger partial charge is 0.225 e. The van der Waals surface area contributed by atoms with Gasteiger partial charge in [0, 0.05) is 16.2 Å². The molecule has 6 heteroatoms. The Kier molecular flexibility index (Phi) is 5.93. The van der Waals surface area contributed by atoms with Crippen LogP contribution in [0.15, 0.2) is 41.3 Å². The van der Waals surface area contributed by atoms with E-state index in [0.29, 0.717) is 17.2 Å². The summed E-state index contributed by atoms with van der Waals surface area (Å²) < 4.78 is 16.2. The van der Waals surface area contributed by atoms with Gasteiger partial charge in [-0.25, -0.2) is 0 Å². The normalized spacial score (nSPS) is 15.7. The molecule has 2 aromatic carbocycles. The van der Waals surface area contributed by atoms with Crippen molar-refractivity contribution >= 4 is 17.7 Å². The zero-order chi connectivity index (χ0) is 18.5. The predicted octanol–water partition coefficient (Wildman–Crippen LogP) is 3.61. The molecule has 2 aromatic rings. The van der Waals surface area contributed by atoms with Crippen molar-refractivity contribution in [1.82, 2.24) is 5.32 Å². The Balaban J connectivity index is 1.77. The number of benzene rings is 2.